The van der Waals surface area contributed by atoms with E-state index in [1.54, 1.807) is 43.9 Å². The van der Waals surface area contributed by atoms with Crippen LogP contribution in [0.4, 0.5) is 5.69 Å². The lowest BCUT2D eigenvalue weighted by Gasteiger charge is -2.07. The number of nitrogens with one attached hydrogen (secondary N) is 1. The van der Waals surface area contributed by atoms with Crippen LogP contribution in [-0.2, 0) is 27.4 Å². The zero-order valence-corrected chi connectivity index (χ0v) is 18.9. The number of esters is 1. The lowest BCUT2D eigenvalue weighted by molar-refractivity contribution is -0.139. The van der Waals surface area contributed by atoms with Crippen LogP contribution in [0.5, 0.6) is 11.5 Å². The predicted octanol–water partition coefficient (Wildman–Crippen LogP) is 4.41. The highest BCUT2D eigenvalue weighted by Gasteiger charge is 2.10. The zero-order chi connectivity index (χ0) is 22.9. The number of carbonyl (C=O) groups excluding carboxylic acids is 2. The quantitative estimate of drug-likeness (QED) is 0.382. The molecule has 32 heavy (non-hydrogen) atoms. The van der Waals surface area contributed by atoms with Gasteiger partial charge in [0.05, 0.1) is 26.3 Å². The van der Waals surface area contributed by atoms with E-state index in [0.29, 0.717) is 22.2 Å². The average Bonchev–Trinajstić information content (AvgIpc) is 3.24. The number of aryl methyl sites for hydroxylation is 1. The molecule has 1 aromatic heterocycles. The van der Waals surface area contributed by atoms with E-state index in [1.807, 2.05) is 31.2 Å². The van der Waals surface area contributed by atoms with Crippen LogP contribution in [0.2, 0.25) is 0 Å². The van der Waals surface area contributed by atoms with Crippen LogP contribution >= 0.6 is 11.3 Å². The Kier molecular flexibility index (Phi) is 7.99. The molecule has 2 aromatic carbocycles. The minimum Gasteiger partial charge on any atom is -0.493 e. The molecule has 1 heterocycles. The number of carbonyl (C=O) groups is 2. The number of amides is 1. The standard InChI is InChI=1S/C24H24N2O5S/c1-16-4-8-18(9-5-16)25-22(27)13-23-26-19(15-32-23)14-31-24(28)11-7-17-6-10-20(29-2)21(12-17)30-3/h4-12,15H,13-14H2,1-3H3,(H,25,27)/b11-7+. The van der Waals surface area contributed by atoms with E-state index >= 15 is 0 Å². The Labute approximate surface area is 190 Å². The van der Waals surface area contributed by atoms with Crippen molar-refractivity contribution in [3.05, 3.63) is 75.7 Å². The Bertz CT molecular complexity index is 1110. The van der Waals surface area contributed by atoms with E-state index in [0.717, 1.165) is 16.8 Å². The molecule has 3 aromatic rings. The number of nitrogens with zero attached hydrogens (tertiary/aromatic N) is 1. The van der Waals surface area contributed by atoms with Gasteiger partial charge in [-0.15, -0.1) is 11.3 Å². The lowest BCUT2D eigenvalue weighted by atomic mass is 10.2. The van der Waals surface area contributed by atoms with Crippen molar-refractivity contribution < 1.29 is 23.8 Å². The molecule has 3 rings (SSSR count). The number of aromatic nitrogens is 1. The second kappa shape index (κ2) is 11.1. The molecule has 0 saturated carbocycles. The first-order valence-corrected chi connectivity index (χ1v) is 10.7. The van der Waals surface area contributed by atoms with E-state index in [2.05, 4.69) is 10.3 Å². The molecule has 8 heteroatoms. The molecule has 0 aliphatic carbocycles. The maximum absolute atomic E-state index is 12.2. The number of thiazole rings is 1. The fourth-order valence-corrected chi connectivity index (χ4v) is 3.57. The molecular formula is C24H24N2O5S. The van der Waals surface area contributed by atoms with Gasteiger partial charge in [0.15, 0.2) is 11.5 Å². The van der Waals surface area contributed by atoms with Crippen molar-refractivity contribution >= 4 is 35.0 Å². The number of hydrogen-bond acceptors (Lipinski definition) is 7. The SMILES string of the molecule is COc1ccc(/C=C/C(=O)OCc2csc(CC(=O)Nc3ccc(C)cc3)n2)cc1OC. The van der Waals surface area contributed by atoms with E-state index in [1.165, 1.54) is 17.4 Å². The fourth-order valence-electron chi connectivity index (χ4n) is 2.79. The first-order valence-electron chi connectivity index (χ1n) is 9.83. The lowest BCUT2D eigenvalue weighted by Crippen LogP contribution is -2.14. The Morgan fingerprint density at radius 2 is 1.81 bits per heavy atom. The van der Waals surface area contributed by atoms with Gasteiger partial charge in [0, 0.05) is 17.1 Å². The van der Waals surface area contributed by atoms with Crippen LogP contribution in [0.1, 0.15) is 21.8 Å². The Hall–Kier alpha value is -3.65. The number of hydrogen-bond donors (Lipinski definition) is 1. The van der Waals surface area contributed by atoms with Gasteiger partial charge in [-0.25, -0.2) is 9.78 Å². The van der Waals surface area contributed by atoms with Crippen molar-refractivity contribution in [3.8, 4) is 11.5 Å². The molecule has 166 valence electrons. The third-order valence-electron chi connectivity index (χ3n) is 4.43. The van der Waals surface area contributed by atoms with Crippen LogP contribution in [0.25, 0.3) is 6.08 Å². The maximum atomic E-state index is 12.2. The van der Waals surface area contributed by atoms with Gasteiger partial charge in [0.2, 0.25) is 5.91 Å². The third-order valence-corrected chi connectivity index (χ3v) is 5.33. The van der Waals surface area contributed by atoms with Gasteiger partial charge in [0.25, 0.3) is 0 Å². The number of rotatable bonds is 9. The van der Waals surface area contributed by atoms with Gasteiger partial charge in [0.1, 0.15) is 11.6 Å². The molecule has 0 aliphatic rings. The van der Waals surface area contributed by atoms with E-state index in [4.69, 9.17) is 14.2 Å². The summed E-state index contributed by atoms with van der Waals surface area (Å²) in [7, 11) is 3.11. The first-order chi connectivity index (χ1) is 15.5. The van der Waals surface area contributed by atoms with Crippen LogP contribution in [0.15, 0.2) is 53.9 Å². The summed E-state index contributed by atoms with van der Waals surface area (Å²) >= 11 is 1.35. The molecule has 0 fully saturated rings. The summed E-state index contributed by atoms with van der Waals surface area (Å²) in [6, 6.07) is 12.9. The molecule has 0 unspecified atom stereocenters. The fraction of sp³-hybridized carbons (Fsp3) is 0.208. The zero-order valence-electron chi connectivity index (χ0n) is 18.1. The smallest absolute Gasteiger partial charge is 0.331 e. The Morgan fingerprint density at radius 3 is 2.53 bits per heavy atom. The number of methoxy groups -OCH3 is 2. The van der Waals surface area contributed by atoms with Gasteiger partial charge in [-0.3, -0.25) is 4.79 Å². The van der Waals surface area contributed by atoms with Crippen molar-refractivity contribution in [1.29, 1.82) is 0 Å². The molecule has 0 atom stereocenters. The van der Waals surface area contributed by atoms with Crippen LogP contribution in [0.3, 0.4) is 0 Å². The summed E-state index contributed by atoms with van der Waals surface area (Å²) in [6.45, 7) is 2.02. The van der Waals surface area contributed by atoms with Gasteiger partial charge in [-0.1, -0.05) is 23.8 Å². The molecule has 0 saturated heterocycles. The topological polar surface area (TPSA) is 86.8 Å². The monoisotopic (exact) mass is 452 g/mol. The highest BCUT2D eigenvalue weighted by molar-refractivity contribution is 7.09. The molecule has 0 radical (unpaired) electrons. The van der Waals surface area contributed by atoms with E-state index in [-0.39, 0.29) is 18.9 Å². The molecule has 7 nitrogen and oxygen atoms in total. The van der Waals surface area contributed by atoms with Crippen LogP contribution < -0.4 is 14.8 Å². The summed E-state index contributed by atoms with van der Waals surface area (Å²) in [4.78, 5) is 28.6. The van der Waals surface area contributed by atoms with Crippen LogP contribution in [-0.4, -0.2) is 31.1 Å². The summed E-state index contributed by atoms with van der Waals surface area (Å²) in [5, 5.41) is 5.27. The van der Waals surface area contributed by atoms with Gasteiger partial charge < -0.3 is 19.5 Å². The molecule has 0 aliphatic heterocycles. The molecule has 1 N–H and O–H groups in total. The van der Waals surface area contributed by atoms with Crippen LogP contribution in [0, 0.1) is 6.92 Å². The number of anilines is 1. The second-order valence-electron chi connectivity index (χ2n) is 6.88. The first kappa shape index (κ1) is 23.0. The molecular weight excluding hydrogens is 428 g/mol. The van der Waals surface area contributed by atoms with Gasteiger partial charge in [-0.05, 0) is 42.8 Å². The highest BCUT2D eigenvalue weighted by atomic mass is 32.1. The van der Waals surface area contributed by atoms with E-state index < -0.39 is 5.97 Å². The largest absolute Gasteiger partial charge is 0.493 e. The highest BCUT2D eigenvalue weighted by Crippen LogP contribution is 2.28. The summed E-state index contributed by atoms with van der Waals surface area (Å²) in [5.74, 6) is 0.541. The summed E-state index contributed by atoms with van der Waals surface area (Å²) < 4.78 is 15.7. The van der Waals surface area contributed by atoms with Crippen molar-refractivity contribution in [1.82, 2.24) is 4.98 Å². The van der Waals surface area contributed by atoms with E-state index in [9.17, 15) is 9.59 Å². The van der Waals surface area contributed by atoms with Gasteiger partial charge in [-0.2, -0.15) is 0 Å². The minimum absolute atomic E-state index is 0.0329. The normalized spacial score (nSPS) is 10.7. The molecule has 0 spiro atoms. The Balaban J connectivity index is 1.48. The third kappa shape index (κ3) is 6.68. The maximum Gasteiger partial charge on any atom is 0.331 e. The molecule has 1 amide bonds. The van der Waals surface area contributed by atoms with Crippen molar-refractivity contribution in [3.63, 3.8) is 0 Å². The average molecular weight is 453 g/mol. The number of benzene rings is 2. The van der Waals surface area contributed by atoms with Crippen molar-refractivity contribution in [2.24, 2.45) is 0 Å². The van der Waals surface area contributed by atoms with Crippen molar-refractivity contribution in [2.75, 3.05) is 19.5 Å². The Morgan fingerprint density at radius 1 is 1.06 bits per heavy atom. The molecule has 0 bridgehead atoms. The van der Waals surface area contributed by atoms with Gasteiger partial charge >= 0.3 is 5.97 Å². The second-order valence-corrected chi connectivity index (χ2v) is 7.82. The summed E-state index contributed by atoms with van der Waals surface area (Å²) in [5.41, 5.74) is 3.24. The van der Waals surface area contributed by atoms with Crippen molar-refractivity contribution in [2.45, 2.75) is 20.0 Å². The predicted molar refractivity (Wildman–Crippen MR) is 124 cm³/mol. The minimum atomic E-state index is -0.494. The number of ether oxygens (including phenoxy) is 3. The summed E-state index contributed by atoms with van der Waals surface area (Å²) in [6.07, 6.45) is 3.13.